The molecule has 91 heavy (non-hydrogen) atoms. The Kier molecular flexibility index (Phi) is 61.5. The van der Waals surface area contributed by atoms with Gasteiger partial charge in [0.2, 0.25) is 0 Å². The Morgan fingerprint density at radius 3 is 0.747 bits per heavy atom. The van der Waals surface area contributed by atoms with E-state index in [1.54, 1.807) is 0 Å². The topological polar surface area (TPSA) is 237 Å². The van der Waals surface area contributed by atoms with E-state index in [1.165, 1.54) is 167 Å². The van der Waals surface area contributed by atoms with Crippen molar-refractivity contribution in [3.8, 4) is 0 Å². The first kappa shape index (κ1) is 89.1. The van der Waals surface area contributed by atoms with Crippen molar-refractivity contribution in [2.45, 2.75) is 381 Å². The Bertz CT molecular complexity index is 1780. The van der Waals surface area contributed by atoms with Crippen LogP contribution in [-0.2, 0) is 65.4 Å². The molecule has 0 aromatic heterocycles. The summed E-state index contributed by atoms with van der Waals surface area (Å²) in [5.74, 6) is 0.0937. The van der Waals surface area contributed by atoms with Crippen LogP contribution >= 0.6 is 15.6 Å². The highest BCUT2D eigenvalue weighted by atomic mass is 31.2. The molecule has 3 N–H and O–H groups in total. The number of carbonyl (C=O) groups excluding carboxylic acids is 4. The molecule has 0 saturated heterocycles. The van der Waals surface area contributed by atoms with Crippen molar-refractivity contribution in [3.63, 3.8) is 0 Å². The molecule has 0 heterocycles. The van der Waals surface area contributed by atoms with E-state index in [0.717, 1.165) is 108 Å². The maximum atomic E-state index is 13.0. The molecule has 17 nitrogen and oxygen atoms in total. The molecule has 19 heteroatoms. The molecule has 2 unspecified atom stereocenters. The van der Waals surface area contributed by atoms with Gasteiger partial charge >= 0.3 is 39.5 Å². The Hall–Kier alpha value is -1.94. The molecule has 0 bridgehead atoms. The van der Waals surface area contributed by atoms with Gasteiger partial charge in [0, 0.05) is 25.7 Å². The summed E-state index contributed by atoms with van der Waals surface area (Å²) in [4.78, 5) is 72.6. The maximum absolute atomic E-state index is 13.0. The van der Waals surface area contributed by atoms with Crippen LogP contribution in [0.25, 0.3) is 0 Å². The molecular weight excluding hydrogens is 1200 g/mol. The van der Waals surface area contributed by atoms with Crippen LogP contribution in [0.4, 0.5) is 0 Å². The van der Waals surface area contributed by atoms with E-state index in [9.17, 15) is 43.2 Å². The largest absolute Gasteiger partial charge is 0.472 e. The van der Waals surface area contributed by atoms with Crippen LogP contribution in [-0.4, -0.2) is 96.7 Å². The number of rotatable bonds is 70. The number of unbranched alkanes of at least 4 members (excludes halogenated alkanes) is 38. The number of phosphoric acid groups is 2. The number of carbonyl (C=O) groups is 4. The summed E-state index contributed by atoms with van der Waals surface area (Å²) in [6.07, 6.45) is 47.3. The quantitative estimate of drug-likeness (QED) is 0.0222. The first-order valence-electron chi connectivity index (χ1n) is 37.3. The lowest BCUT2D eigenvalue weighted by Gasteiger charge is -2.21. The van der Waals surface area contributed by atoms with Crippen molar-refractivity contribution in [2.24, 2.45) is 17.8 Å². The molecule has 0 saturated carbocycles. The lowest BCUT2D eigenvalue weighted by molar-refractivity contribution is -0.161. The Labute approximate surface area is 556 Å². The number of hydrogen-bond acceptors (Lipinski definition) is 15. The molecule has 0 aliphatic rings. The van der Waals surface area contributed by atoms with Crippen LogP contribution in [0.15, 0.2) is 0 Å². The normalized spacial score (nSPS) is 14.2. The van der Waals surface area contributed by atoms with Crippen LogP contribution in [0.2, 0.25) is 0 Å². The first-order valence-corrected chi connectivity index (χ1v) is 40.3. The summed E-state index contributed by atoms with van der Waals surface area (Å²) in [7, 11) is -9.90. The second kappa shape index (κ2) is 62.8. The van der Waals surface area contributed by atoms with Gasteiger partial charge < -0.3 is 33.8 Å². The van der Waals surface area contributed by atoms with Crippen LogP contribution in [0.3, 0.4) is 0 Å². The van der Waals surface area contributed by atoms with Gasteiger partial charge in [-0.15, -0.1) is 0 Å². The van der Waals surface area contributed by atoms with Gasteiger partial charge in [-0.2, -0.15) is 0 Å². The highest BCUT2D eigenvalue weighted by Gasteiger charge is 2.30. The van der Waals surface area contributed by atoms with Crippen LogP contribution < -0.4 is 0 Å². The van der Waals surface area contributed by atoms with Gasteiger partial charge in [-0.3, -0.25) is 37.3 Å². The molecule has 0 radical (unpaired) electrons. The Morgan fingerprint density at radius 2 is 0.505 bits per heavy atom. The van der Waals surface area contributed by atoms with Gasteiger partial charge in [0.05, 0.1) is 26.4 Å². The molecule has 0 fully saturated rings. The van der Waals surface area contributed by atoms with Gasteiger partial charge in [0.15, 0.2) is 12.2 Å². The third-order valence-corrected chi connectivity index (χ3v) is 18.5. The summed E-state index contributed by atoms with van der Waals surface area (Å²) in [5, 5.41) is 10.6. The second-order valence-corrected chi connectivity index (χ2v) is 30.3. The summed E-state index contributed by atoms with van der Waals surface area (Å²) in [6.45, 7) is 11.8. The van der Waals surface area contributed by atoms with Gasteiger partial charge in [0.25, 0.3) is 0 Å². The minimum atomic E-state index is -4.95. The van der Waals surface area contributed by atoms with Gasteiger partial charge in [-0.25, -0.2) is 9.13 Å². The molecule has 0 amide bonds. The lowest BCUT2D eigenvalue weighted by Crippen LogP contribution is -2.30. The second-order valence-electron chi connectivity index (χ2n) is 27.4. The lowest BCUT2D eigenvalue weighted by atomic mass is 10.0. The summed E-state index contributed by atoms with van der Waals surface area (Å²) in [5.41, 5.74) is 0. The van der Waals surface area contributed by atoms with E-state index < -0.39 is 97.5 Å². The molecular formula is C72H140O17P2. The molecule has 0 aliphatic heterocycles. The third-order valence-electron chi connectivity index (χ3n) is 16.6. The molecule has 540 valence electrons. The summed E-state index contributed by atoms with van der Waals surface area (Å²) >= 11 is 0. The molecule has 5 atom stereocenters. The van der Waals surface area contributed by atoms with Crippen molar-refractivity contribution in [1.82, 2.24) is 0 Å². The minimum absolute atomic E-state index is 0.104. The predicted molar refractivity (Wildman–Crippen MR) is 368 cm³/mol. The zero-order valence-electron chi connectivity index (χ0n) is 59.3. The third kappa shape index (κ3) is 66.5. The maximum Gasteiger partial charge on any atom is 0.472 e. The van der Waals surface area contributed by atoms with Crippen molar-refractivity contribution in [1.29, 1.82) is 0 Å². The Balaban J connectivity index is 5.24. The number of aliphatic hydroxyl groups is 1. The number of hydrogen-bond donors (Lipinski definition) is 3. The van der Waals surface area contributed by atoms with Crippen molar-refractivity contribution >= 4 is 39.5 Å². The average Bonchev–Trinajstić information content (AvgIpc) is 3.72. The van der Waals surface area contributed by atoms with E-state index in [0.29, 0.717) is 31.6 Å². The summed E-state index contributed by atoms with van der Waals surface area (Å²) < 4.78 is 68.3. The fourth-order valence-electron chi connectivity index (χ4n) is 10.9. The number of aliphatic hydroxyl groups excluding tert-OH is 1. The fourth-order valence-corrected chi connectivity index (χ4v) is 12.5. The van der Waals surface area contributed by atoms with Crippen LogP contribution in [0.5, 0.6) is 0 Å². The SMILES string of the molecule is CCCCCCCCCCCCCCCC(=O)OC[C@H](COP(=O)(O)OC[C@@H](O)COP(=O)(O)OC[C@@H](COC(=O)CCCCCCCCCC(C)C)OC(=O)CCCCCCCCCCC(C)C)OC(=O)CCCCCCCCCCCCCCCCC(C)C. The standard InChI is InChI=1S/C72H140O17P2/c1-8-9-10-11-12-13-14-17-21-24-32-39-46-53-69(74)82-59-67(88-71(76)55-48-41-33-25-22-19-16-15-18-20-23-29-36-43-50-63(2)3)61-86-90(78,79)84-57-66(73)58-85-91(80,81)87-62-68(60-83-70(75)54-47-40-35-28-31-38-45-52-65(6)7)89-72(77)56-49-42-34-27-26-30-37-44-51-64(4)5/h63-68,73H,8-62H2,1-7H3,(H,78,79)(H,80,81)/t66-,67-,68-/m1/s1. The smallest absolute Gasteiger partial charge is 0.462 e. The average molecular weight is 1340 g/mol. The van der Waals surface area contributed by atoms with E-state index in [-0.39, 0.29) is 25.7 Å². The minimum Gasteiger partial charge on any atom is -0.462 e. The molecule has 0 aromatic carbocycles. The number of ether oxygens (including phenoxy) is 4. The zero-order chi connectivity index (χ0) is 67.3. The van der Waals surface area contributed by atoms with Gasteiger partial charge in [0.1, 0.15) is 19.3 Å². The van der Waals surface area contributed by atoms with Crippen LogP contribution in [0, 0.1) is 17.8 Å². The van der Waals surface area contributed by atoms with Gasteiger partial charge in [-0.1, -0.05) is 312 Å². The van der Waals surface area contributed by atoms with Gasteiger partial charge in [-0.05, 0) is 43.4 Å². The molecule has 0 aromatic rings. The fraction of sp³-hybridized carbons (Fsp3) is 0.944. The molecule has 0 spiro atoms. The Morgan fingerprint density at radius 1 is 0.297 bits per heavy atom. The zero-order valence-corrected chi connectivity index (χ0v) is 61.1. The van der Waals surface area contributed by atoms with E-state index in [4.69, 9.17) is 37.0 Å². The van der Waals surface area contributed by atoms with Crippen molar-refractivity contribution in [2.75, 3.05) is 39.6 Å². The highest BCUT2D eigenvalue weighted by Crippen LogP contribution is 2.45. The van der Waals surface area contributed by atoms with E-state index >= 15 is 0 Å². The molecule has 0 rings (SSSR count). The first-order chi connectivity index (χ1) is 43.7. The number of phosphoric ester groups is 2. The van der Waals surface area contributed by atoms with Crippen LogP contribution in [0.1, 0.15) is 363 Å². The summed E-state index contributed by atoms with van der Waals surface area (Å²) in [6, 6.07) is 0. The predicted octanol–water partition coefficient (Wildman–Crippen LogP) is 20.6. The van der Waals surface area contributed by atoms with Crippen molar-refractivity contribution in [3.05, 3.63) is 0 Å². The number of esters is 4. The molecule has 0 aliphatic carbocycles. The van der Waals surface area contributed by atoms with E-state index in [1.807, 2.05) is 0 Å². The highest BCUT2D eigenvalue weighted by molar-refractivity contribution is 7.47. The van der Waals surface area contributed by atoms with E-state index in [2.05, 4.69) is 48.5 Å². The monoisotopic (exact) mass is 1340 g/mol. The van der Waals surface area contributed by atoms with Crippen molar-refractivity contribution < 1.29 is 80.2 Å².